The van der Waals surface area contributed by atoms with Gasteiger partial charge in [0.1, 0.15) is 0 Å². The van der Waals surface area contributed by atoms with Crippen LogP contribution in [0.3, 0.4) is 0 Å². The highest BCUT2D eigenvalue weighted by molar-refractivity contribution is 6.01. The molecule has 0 saturated heterocycles. The molecular weight excluding hydrogens is 244 g/mol. The van der Waals surface area contributed by atoms with Crippen molar-refractivity contribution in [3.63, 3.8) is 0 Å². The van der Waals surface area contributed by atoms with E-state index >= 15 is 0 Å². The van der Waals surface area contributed by atoms with Crippen molar-refractivity contribution in [1.29, 1.82) is 0 Å². The number of para-hydroxylation sites is 1. The van der Waals surface area contributed by atoms with Crippen LogP contribution < -0.4 is 11.1 Å². The monoisotopic (exact) mass is 264 g/mol. The van der Waals surface area contributed by atoms with E-state index in [1.807, 2.05) is 13.8 Å². The topological polar surface area (TPSA) is 81.4 Å². The SMILES string of the molecule is COC(=O)c1ccccc1NC(=O)CC(C)(C)CN. The third kappa shape index (κ3) is 4.37. The minimum Gasteiger partial charge on any atom is -0.465 e. The van der Waals surface area contributed by atoms with Crippen LogP contribution in [0, 0.1) is 5.41 Å². The molecule has 5 nitrogen and oxygen atoms in total. The first kappa shape index (κ1) is 15.2. The zero-order chi connectivity index (χ0) is 14.5. The van der Waals surface area contributed by atoms with E-state index in [2.05, 4.69) is 10.1 Å². The van der Waals surface area contributed by atoms with Gasteiger partial charge in [-0.2, -0.15) is 0 Å². The molecule has 3 N–H and O–H groups in total. The Hall–Kier alpha value is -1.88. The molecule has 0 aliphatic carbocycles. The predicted octanol–water partition coefficient (Wildman–Crippen LogP) is 1.79. The number of carbonyl (C=O) groups is 2. The molecule has 0 unspecified atom stereocenters. The number of hydrogen-bond donors (Lipinski definition) is 2. The minimum absolute atomic E-state index is 0.174. The molecular formula is C14H20N2O3. The van der Waals surface area contributed by atoms with E-state index in [0.29, 0.717) is 24.2 Å². The van der Waals surface area contributed by atoms with Gasteiger partial charge < -0.3 is 15.8 Å². The van der Waals surface area contributed by atoms with Crippen LogP contribution in [0.1, 0.15) is 30.6 Å². The van der Waals surface area contributed by atoms with E-state index in [9.17, 15) is 9.59 Å². The van der Waals surface area contributed by atoms with Crippen molar-refractivity contribution in [1.82, 2.24) is 0 Å². The van der Waals surface area contributed by atoms with Crippen molar-refractivity contribution in [2.24, 2.45) is 11.1 Å². The molecule has 0 heterocycles. The molecule has 19 heavy (non-hydrogen) atoms. The largest absolute Gasteiger partial charge is 0.465 e. The smallest absolute Gasteiger partial charge is 0.339 e. The van der Waals surface area contributed by atoms with Crippen LogP contribution in [0.25, 0.3) is 0 Å². The van der Waals surface area contributed by atoms with Gasteiger partial charge in [0, 0.05) is 6.42 Å². The zero-order valence-corrected chi connectivity index (χ0v) is 11.5. The number of nitrogens with one attached hydrogen (secondary N) is 1. The lowest BCUT2D eigenvalue weighted by atomic mass is 9.89. The summed E-state index contributed by atoms with van der Waals surface area (Å²) in [4.78, 5) is 23.5. The first-order chi connectivity index (χ1) is 8.89. The van der Waals surface area contributed by atoms with Gasteiger partial charge in [0.05, 0.1) is 18.4 Å². The number of nitrogens with two attached hydrogens (primary N) is 1. The number of benzene rings is 1. The maximum atomic E-state index is 11.9. The number of carbonyl (C=O) groups excluding carboxylic acids is 2. The summed E-state index contributed by atoms with van der Waals surface area (Å²) < 4.78 is 4.67. The Morgan fingerprint density at radius 1 is 1.32 bits per heavy atom. The van der Waals surface area contributed by atoms with E-state index in [-0.39, 0.29) is 11.3 Å². The molecule has 5 heteroatoms. The van der Waals surface area contributed by atoms with Crippen molar-refractivity contribution in [2.45, 2.75) is 20.3 Å². The van der Waals surface area contributed by atoms with Gasteiger partial charge in [-0.05, 0) is 24.1 Å². The minimum atomic E-state index is -0.478. The Labute approximate surface area is 113 Å². The van der Waals surface area contributed by atoms with Gasteiger partial charge in [-0.25, -0.2) is 4.79 Å². The molecule has 0 aromatic heterocycles. The van der Waals surface area contributed by atoms with Crippen molar-refractivity contribution in [3.05, 3.63) is 29.8 Å². The van der Waals surface area contributed by atoms with Crippen LogP contribution in [0.15, 0.2) is 24.3 Å². The van der Waals surface area contributed by atoms with Crippen molar-refractivity contribution < 1.29 is 14.3 Å². The van der Waals surface area contributed by atoms with Gasteiger partial charge in [-0.1, -0.05) is 26.0 Å². The summed E-state index contributed by atoms with van der Waals surface area (Å²) in [6, 6.07) is 6.73. The van der Waals surface area contributed by atoms with Crippen LogP contribution in [0.4, 0.5) is 5.69 Å². The van der Waals surface area contributed by atoms with Gasteiger partial charge in [-0.15, -0.1) is 0 Å². The van der Waals surface area contributed by atoms with Crippen LogP contribution in [0.5, 0.6) is 0 Å². The number of anilines is 1. The second-order valence-electron chi connectivity index (χ2n) is 5.13. The summed E-state index contributed by atoms with van der Waals surface area (Å²) in [5, 5.41) is 2.72. The van der Waals surface area contributed by atoms with Crippen LogP contribution in [-0.2, 0) is 9.53 Å². The highest BCUT2D eigenvalue weighted by Crippen LogP contribution is 2.21. The standard InChI is InChI=1S/C14H20N2O3/c1-14(2,9-15)8-12(17)16-11-7-5-4-6-10(11)13(18)19-3/h4-7H,8-9,15H2,1-3H3,(H,16,17). The summed E-state index contributed by atoms with van der Waals surface area (Å²) in [6.45, 7) is 4.25. The lowest BCUT2D eigenvalue weighted by molar-refractivity contribution is -0.117. The molecule has 0 spiro atoms. The number of rotatable bonds is 5. The van der Waals surface area contributed by atoms with Crippen molar-refractivity contribution in [3.8, 4) is 0 Å². The first-order valence-electron chi connectivity index (χ1n) is 6.07. The fourth-order valence-electron chi connectivity index (χ4n) is 1.58. The van der Waals surface area contributed by atoms with E-state index in [1.165, 1.54) is 7.11 Å². The summed E-state index contributed by atoms with van der Waals surface area (Å²) >= 11 is 0. The number of esters is 1. The van der Waals surface area contributed by atoms with Gasteiger partial charge in [0.15, 0.2) is 0 Å². The second-order valence-corrected chi connectivity index (χ2v) is 5.13. The molecule has 0 atom stereocenters. The van der Waals surface area contributed by atoms with Crippen molar-refractivity contribution in [2.75, 3.05) is 19.0 Å². The van der Waals surface area contributed by atoms with Gasteiger partial charge >= 0.3 is 5.97 Å². The van der Waals surface area contributed by atoms with Crippen molar-refractivity contribution >= 4 is 17.6 Å². The van der Waals surface area contributed by atoms with Crippen LogP contribution >= 0.6 is 0 Å². The predicted molar refractivity (Wildman–Crippen MR) is 73.9 cm³/mol. The molecule has 0 aliphatic heterocycles. The van der Waals surface area contributed by atoms with Crippen LogP contribution in [-0.4, -0.2) is 25.5 Å². The lowest BCUT2D eigenvalue weighted by Gasteiger charge is -2.21. The zero-order valence-electron chi connectivity index (χ0n) is 11.5. The van der Waals surface area contributed by atoms with E-state index in [4.69, 9.17) is 5.73 Å². The van der Waals surface area contributed by atoms with Gasteiger partial charge in [-0.3, -0.25) is 4.79 Å². The quantitative estimate of drug-likeness (QED) is 0.794. The Morgan fingerprint density at radius 3 is 2.53 bits per heavy atom. The molecule has 1 amide bonds. The third-order valence-corrected chi connectivity index (χ3v) is 2.80. The number of hydrogen-bond acceptors (Lipinski definition) is 4. The first-order valence-corrected chi connectivity index (χ1v) is 6.07. The highest BCUT2D eigenvalue weighted by atomic mass is 16.5. The molecule has 0 aliphatic rings. The second kappa shape index (κ2) is 6.33. The number of methoxy groups -OCH3 is 1. The summed E-state index contributed by atoms with van der Waals surface area (Å²) in [5.41, 5.74) is 6.11. The normalized spacial score (nSPS) is 10.9. The Kier molecular flexibility index (Phi) is 5.06. The van der Waals surface area contributed by atoms with E-state index in [0.717, 1.165) is 0 Å². The Morgan fingerprint density at radius 2 is 1.95 bits per heavy atom. The summed E-state index contributed by atoms with van der Waals surface area (Å²) in [6.07, 6.45) is 0.291. The molecule has 0 radical (unpaired) electrons. The molecule has 1 aromatic rings. The highest BCUT2D eigenvalue weighted by Gasteiger charge is 2.21. The maximum absolute atomic E-state index is 11.9. The molecule has 1 aromatic carbocycles. The van der Waals surface area contributed by atoms with E-state index in [1.54, 1.807) is 24.3 Å². The lowest BCUT2D eigenvalue weighted by Crippen LogP contribution is -2.29. The fourth-order valence-corrected chi connectivity index (χ4v) is 1.58. The maximum Gasteiger partial charge on any atom is 0.339 e. The molecule has 104 valence electrons. The number of amides is 1. The molecule has 1 rings (SSSR count). The Balaban J connectivity index is 2.83. The third-order valence-electron chi connectivity index (χ3n) is 2.80. The fraction of sp³-hybridized carbons (Fsp3) is 0.429. The average Bonchev–Trinajstić information content (AvgIpc) is 2.37. The van der Waals surface area contributed by atoms with E-state index < -0.39 is 5.97 Å². The summed E-state index contributed by atoms with van der Waals surface area (Å²) in [5.74, 6) is -0.652. The van der Waals surface area contributed by atoms with Crippen LogP contribution in [0.2, 0.25) is 0 Å². The van der Waals surface area contributed by atoms with Gasteiger partial charge in [0.2, 0.25) is 5.91 Å². The average molecular weight is 264 g/mol. The number of ether oxygens (including phenoxy) is 1. The molecule has 0 fully saturated rings. The van der Waals surface area contributed by atoms with Gasteiger partial charge in [0.25, 0.3) is 0 Å². The Bertz CT molecular complexity index is 470. The molecule has 0 bridgehead atoms. The molecule has 0 saturated carbocycles. The summed E-state index contributed by atoms with van der Waals surface area (Å²) in [7, 11) is 1.30.